The van der Waals surface area contributed by atoms with E-state index in [1.165, 1.54) is 6.07 Å². The number of carbonyl (C=O) groups is 1. The van der Waals surface area contributed by atoms with Gasteiger partial charge < -0.3 is 10.2 Å². The predicted octanol–water partition coefficient (Wildman–Crippen LogP) is 3.78. The van der Waals surface area contributed by atoms with E-state index < -0.39 is 5.97 Å². The molecule has 6 heteroatoms. The second-order valence-electron chi connectivity index (χ2n) is 5.57. The van der Waals surface area contributed by atoms with Crippen molar-refractivity contribution < 1.29 is 15.0 Å². The van der Waals surface area contributed by atoms with Gasteiger partial charge in [-0.25, -0.2) is 0 Å². The highest BCUT2D eigenvalue weighted by Gasteiger charge is 2.22. The Labute approximate surface area is 134 Å². The van der Waals surface area contributed by atoms with E-state index in [4.69, 9.17) is 28.3 Å². The van der Waals surface area contributed by atoms with Crippen LogP contribution in [0, 0.1) is 5.92 Å². The predicted molar refractivity (Wildman–Crippen MR) is 83.0 cm³/mol. The highest BCUT2D eigenvalue weighted by Crippen LogP contribution is 2.33. The van der Waals surface area contributed by atoms with Crippen molar-refractivity contribution in [2.24, 2.45) is 5.92 Å². The van der Waals surface area contributed by atoms with Gasteiger partial charge in [0, 0.05) is 30.1 Å². The van der Waals surface area contributed by atoms with Gasteiger partial charge in [0.2, 0.25) is 0 Å². The third-order valence-electron chi connectivity index (χ3n) is 3.87. The minimum absolute atomic E-state index is 0.0775. The molecule has 0 aliphatic carbocycles. The first kappa shape index (κ1) is 16.4. The zero-order valence-electron chi connectivity index (χ0n) is 11.7. The Balaban J connectivity index is 1.98. The van der Waals surface area contributed by atoms with Gasteiger partial charge in [-0.2, -0.15) is 0 Å². The summed E-state index contributed by atoms with van der Waals surface area (Å²) in [5.41, 5.74) is 0.714. The minimum atomic E-state index is -0.744. The van der Waals surface area contributed by atoms with Crippen molar-refractivity contribution in [1.29, 1.82) is 0 Å². The molecule has 1 unspecified atom stereocenters. The van der Waals surface area contributed by atoms with Crippen LogP contribution in [0.3, 0.4) is 0 Å². The number of aliphatic carboxylic acids is 1. The molecule has 21 heavy (non-hydrogen) atoms. The Morgan fingerprint density at radius 1 is 1.38 bits per heavy atom. The molecular weight excluding hydrogens is 313 g/mol. The van der Waals surface area contributed by atoms with Crippen molar-refractivity contribution in [3.63, 3.8) is 0 Å². The van der Waals surface area contributed by atoms with Crippen LogP contribution >= 0.6 is 23.2 Å². The lowest BCUT2D eigenvalue weighted by molar-refractivity contribution is -0.137. The van der Waals surface area contributed by atoms with E-state index in [9.17, 15) is 9.90 Å². The number of rotatable bonds is 5. The lowest BCUT2D eigenvalue weighted by Crippen LogP contribution is -2.35. The molecule has 1 aromatic carbocycles. The van der Waals surface area contributed by atoms with Gasteiger partial charge in [-0.1, -0.05) is 23.2 Å². The second-order valence-corrected chi connectivity index (χ2v) is 6.41. The third kappa shape index (κ3) is 4.77. The van der Waals surface area contributed by atoms with Crippen molar-refractivity contribution in [1.82, 2.24) is 4.90 Å². The van der Waals surface area contributed by atoms with Gasteiger partial charge in [-0.05, 0) is 43.9 Å². The van der Waals surface area contributed by atoms with Gasteiger partial charge in [0.25, 0.3) is 0 Å². The second kappa shape index (κ2) is 7.34. The first-order valence-electron chi connectivity index (χ1n) is 7.06. The molecule has 1 fully saturated rings. The number of piperidine rings is 1. The van der Waals surface area contributed by atoms with E-state index in [0.717, 1.165) is 25.9 Å². The fraction of sp³-hybridized carbons (Fsp3) is 0.533. The quantitative estimate of drug-likeness (QED) is 0.861. The highest BCUT2D eigenvalue weighted by molar-refractivity contribution is 6.35. The molecule has 4 nitrogen and oxygen atoms in total. The number of likely N-dealkylation sites (tertiary alicyclic amines) is 1. The average Bonchev–Trinajstić information content (AvgIpc) is 2.42. The van der Waals surface area contributed by atoms with E-state index >= 15 is 0 Å². The summed E-state index contributed by atoms with van der Waals surface area (Å²) in [6.45, 7) is 2.36. The summed E-state index contributed by atoms with van der Waals surface area (Å²) in [4.78, 5) is 12.9. The van der Waals surface area contributed by atoms with Crippen LogP contribution in [0.5, 0.6) is 5.75 Å². The zero-order valence-corrected chi connectivity index (χ0v) is 13.2. The fourth-order valence-corrected chi connectivity index (χ4v) is 3.37. The monoisotopic (exact) mass is 331 g/mol. The van der Waals surface area contributed by atoms with E-state index in [0.29, 0.717) is 29.5 Å². The molecule has 0 saturated carbocycles. The summed E-state index contributed by atoms with van der Waals surface area (Å²) in [7, 11) is 0. The molecule has 0 spiro atoms. The maximum absolute atomic E-state index is 10.7. The number of halogens is 2. The van der Waals surface area contributed by atoms with Crippen molar-refractivity contribution in [3.05, 3.63) is 27.7 Å². The molecule has 0 radical (unpaired) electrons. The van der Waals surface area contributed by atoms with Gasteiger partial charge >= 0.3 is 5.97 Å². The van der Waals surface area contributed by atoms with E-state index in [1.54, 1.807) is 6.07 Å². The molecule has 1 atom stereocenters. The number of phenolic OH excluding ortho intramolecular Hbond substituents is 1. The van der Waals surface area contributed by atoms with Gasteiger partial charge in [0.1, 0.15) is 5.75 Å². The molecule has 2 N–H and O–H groups in total. The number of benzene rings is 1. The number of aromatic hydroxyl groups is 1. The van der Waals surface area contributed by atoms with Crippen LogP contribution in [0.25, 0.3) is 0 Å². The minimum Gasteiger partial charge on any atom is -0.506 e. The van der Waals surface area contributed by atoms with Gasteiger partial charge in [-0.3, -0.25) is 9.69 Å². The molecule has 1 saturated heterocycles. The Morgan fingerprint density at radius 2 is 2.14 bits per heavy atom. The normalized spacial score (nSPS) is 19.6. The van der Waals surface area contributed by atoms with Crippen LogP contribution in [0.2, 0.25) is 10.0 Å². The van der Waals surface area contributed by atoms with Crippen LogP contribution in [0.15, 0.2) is 12.1 Å². The average molecular weight is 332 g/mol. The topological polar surface area (TPSA) is 60.8 Å². The Kier molecular flexibility index (Phi) is 5.73. The summed E-state index contributed by atoms with van der Waals surface area (Å²) in [5.74, 6) is -0.272. The fourth-order valence-electron chi connectivity index (χ4n) is 2.84. The van der Waals surface area contributed by atoms with E-state index in [2.05, 4.69) is 4.90 Å². The zero-order chi connectivity index (χ0) is 15.4. The van der Waals surface area contributed by atoms with Crippen molar-refractivity contribution in [3.8, 4) is 5.75 Å². The van der Waals surface area contributed by atoms with Crippen LogP contribution in [0.1, 0.15) is 31.2 Å². The number of hydrogen-bond acceptors (Lipinski definition) is 3. The first-order valence-corrected chi connectivity index (χ1v) is 7.82. The molecular formula is C15H19Cl2NO3. The van der Waals surface area contributed by atoms with Gasteiger partial charge in [-0.15, -0.1) is 0 Å². The summed E-state index contributed by atoms with van der Waals surface area (Å²) in [5, 5.41) is 19.5. The smallest absolute Gasteiger partial charge is 0.303 e. The molecule has 0 bridgehead atoms. The summed E-state index contributed by atoms with van der Waals surface area (Å²) >= 11 is 11.9. The van der Waals surface area contributed by atoms with Gasteiger partial charge in [0.15, 0.2) is 0 Å². The number of phenols is 1. The number of carboxylic acids is 1. The number of carboxylic acid groups (broad SMARTS) is 1. The number of nitrogens with zero attached hydrogens (tertiary/aromatic N) is 1. The molecule has 1 heterocycles. The molecule has 116 valence electrons. The molecule has 1 aromatic rings. The Morgan fingerprint density at radius 3 is 2.86 bits per heavy atom. The molecule has 2 rings (SSSR count). The SMILES string of the molecule is O=C(O)CCC1CCCN(Cc2cc(Cl)cc(Cl)c2O)C1. The molecule has 0 aromatic heterocycles. The number of hydrogen-bond donors (Lipinski definition) is 2. The lowest BCUT2D eigenvalue weighted by atomic mass is 9.93. The maximum Gasteiger partial charge on any atom is 0.303 e. The molecule has 1 aliphatic heterocycles. The Bertz CT molecular complexity index is 522. The lowest BCUT2D eigenvalue weighted by Gasteiger charge is -2.32. The largest absolute Gasteiger partial charge is 0.506 e. The first-order chi connectivity index (χ1) is 9.95. The van der Waals surface area contributed by atoms with Crippen LogP contribution in [-0.4, -0.2) is 34.2 Å². The van der Waals surface area contributed by atoms with Crippen molar-refractivity contribution in [2.75, 3.05) is 13.1 Å². The van der Waals surface area contributed by atoms with Crippen LogP contribution in [0.4, 0.5) is 0 Å². The molecule has 1 aliphatic rings. The van der Waals surface area contributed by atoms with Crippen molar-refractivity contribution in [2.45, 2.75) is 32.2 Å². The Hall–Kier alpha value is -0.970. The third-order valence-corrected chi connectivity index (χ3v) is 4.38. The van der Waals surface area contributed by atoms with Crippen molar-refractivity contribution >= 4 is 29.2 Å². The van der Waals surface area contributed by atoms with Gasteiger partial charge in [0.05, 0.1) is 5.02 Å². The summed E-state index contributed by atoms with van der Waals surface area (Å²) in [6.07, 6.45) is 3.02. The summed E-state index contributed by atoms with van der Waals surface area (Å²) < 4.78 is 0. The summed E-state index contributed by atoms with van der Waals surface area (Å²) in [6, 6.07) is 3.25. The van der Waals surface area contributed by atoms with E-state index in [-0.39, 0.29) is 17.2 Å². The van der Waals surface area contributed by atoms with Crippen LogP contribution in [-0.2, 0) is 11.3 Å². The van der Waals surface area contributed by atoms with Crippen LogP contribution < -0.4 is 0 Å². The molecule has 0 amide bonds. The highest BCUT2D eigenvalue weighted by atomic mass is 35.5. The maximum atomic E-state index is 10.7. The standard InChI is InChI=1S/C15H19Cl2NO3/c16-12-6-11(15(21)13(17)7-12)9-18-5-1-2-10(8-18)3-4-14(19)20/h6-7,10,21H,1-5,8-9H2,(H,19,20). The van der Waals surface area contributed by atoms with E-state index in [1.807, 2.05) is 0 Å².